The van der Waals surface area contributed by atoms with Crippen LogP contribution in [0, 0.1) is 5.82 Å². The minimum atomic E-state index is -0.851. The Labute approximate surface area is 99.7 Å². The van der Waals surface area contributed by atoms with Gasteiger partial charge in [0.05, 0.1) is 5.92 Å². The van der Waals surface area contributed by atoms with Gasteiger partial charge in [-0.2, -0.15) is 0 Å². The van der Waals surface area contributed by atoms with Crippen LogP contribution in [0.1, 0.15) is 30.7 Å². The second-order valence-corrected chi connectivity index (χ2v) is 4.42. The van der Waals surface area contributed by atoms with Gasteiger partial charge in [-0.15, -0.1) is 0 Å². The van der Waals surface area contributed by atoms with Crippen molar-refractivity contribution in [3.63, 3.8) is 0 Å². The molecule has 2 atom stereocenters. The second kappa shape index (κ2) is 5.27. The van der Waals surface area contributed by atoms with Gasteiger partial charge in [-0.3, -0.25) is 4.79 Å². The molecule has 0 bridgehead atoms. The fraction of sp³-hybridized carbons (Fsp3) is 0.462. The number of halogens is 1. The SMILES string of the molecule is O=C(O)C(c1ccc(F)cc1)C1CCCCN1. The number of hydrogen-bond acceptors (Lipinski definition) is 2. The van der Waals surface area contributed by atoms with Crippen molar-refractivity contribution >= 4 is 5.97 Å². The molecule has 17 heavy (non-hydrogen) atoms. The molecule has 1 fully saturated rings. The first-order valence-electron chi connectivity index (χ1n) is 5.90. The third kappa shape index (κ3) is 2.82. The van der Waals surface area contributed by atoms with Crippen molar-refractivity contribution in [2.45, 2.75) is 31.2 Å². The summed E-state index contributed by atoms with van der Waals surface area (Å²) in [6, 6.07) is 5.70. The van der Waals surface area contributed by atoms with Gasteiger partial charge in [0.1, 0.15) is 5.82 Å². The Morgan fingerprint density at radius 2 is 2.06 bits per heavy atom. The largest absolute Gasteiger partial charge is 0.481 e. The second-order valence-electron chi connectivity index (χ2n) is 4.42. The van der Waals surface area contributed by atoms with Crippen LogP contribution in [0.15, 0.2) is 24.3 Å². The maximum Gasteiger partial charge on any atom is 0.312 e. The molecule has 1 heterocycles. The van der Waals surface area contributed by atoms with Crippen LogP contribution in [0.2, 0.25) is 0 Å². The van der Waals surface area contributed by atoms with Crippen molar-refractivity contribution in [3.05, 3.63) is 35.6 Å². The van der Waals surface area contributed by atoms with Gasteiger partial charge in [-0.05, 0) is 37.1 Å². The van der Waals surface area contributed by atoms with Crippen molar-refractivity contribution < 1.29 is 14.3 Å². The predicted molar refractivity (Wildman–Crippen MR) is 62.4 cm³/mol. The van der Waals surface area contributed by atoms with E-state index in [1.807, 2.05) is 0 Å². The van der Waals surface area contributed by atoms with Gasteiger partial charge in [0, 0.05) is 6.04 Å². The summed E-state index contributed by atoms with van der Waals surface area (Å²) in [5, 5.41) is 12.6. The lowest BCUT2D eigenvalue weighted by molar-refractivity contribution is -0.139. The highest BCUT2D eigenvalue weighted by Crippen LogP contribution is 2.25. The third-order valence-electron chi connectivity index (χ3n) is 3.25. The molecule has 1 aliphatic rings. The molecule has 1 aromatic rings. The van der Waals surface area contributed by atoms with Gasteiger partial charge in [0.25, 0.3) is 0 Å². The number of carboxylic acids is 1. The zero-order valence-corrected chi connectivity index (χ0v) is 9.53. The number of rotatable bonds is 3. The standard InChI is InChI=1S/C13H16FNO2/c14-10-6-4-9(5-7-10)12(13(16)17)11-3-1-2-8-15-11/h4-7,11-12,15H,1-3,8H2,(H,16,17). The van der Waals surface area contributed by atoms with E-state index in [1.54, 1.807) is 12.1 Å². The van der Waals surface area contributed by atoms with Crippen LogP contribution in [0.5, 0.6) is 0 Å². The lowest BCUT2D eigenvalue weighted by Gasteiger charge is -2.29. The summed E-state index contributed by atoms with van der Waals surface area (Å²) in [4.78, 5) is 11.4. The van der Waals surface area contributed by atoms with Crippen molar-refractivity contribution in [1.82, 2.24) is 5.32 Å². The van der Waals surface area contributed by atoms with Crippen molar-refractivity contribution in [3.8, 4) is 0 Å². The van der Waals surface area contributed by atoms with E-state index < -0.39 is 11.9 Å². The lowest BCUT2D eigenvalue weighted by Crippen LogP contribution is -2.41. The van der Waals surface area contributed by atoms with Gasteiger partial charge in [0.2, 0.25) is 0 Å². The first kappa shape index (κ1) is 12.0. The van der Waals surface area contributed by atoms with Crippen LogP contribution in [-0.4, -0.2) is 23.7 Å². The smallest absolute Gasteiger partial charge is 0.312 e. The normalized spacial score (nSPS) is 22.1. The number of piperidine rings is 1. The number of hydrogen-bond donors (Lipinski definition) is 2. The molecular weight excluding hydrogens is 221 g/mol. The minimum Gasteiger partial charge on any atom is -0.481 e. The number of carboxylic acid groups (broad SMARTS) is 1. The molecule has 0 aromatic heterocycles. The molecule has 0 saturated carbocycles. The molecule has 0 spiro atoms. The average Bonchev–Trinajstić information content (AvgIpc) is 2.33. The van der Waals surface area contributed by atoms with E-state index in [0.717, 1.165) is 25.8 Å². The summed E-state index contributed by atoms with van der Waals surface area (Å²) < 4.78 is 12.8. The van der Waals surface area contributed by atoms with Crippen molar-refractivity contribution in [1.29, 1.82) is 0 Å². The quantitative estimate of drug-likeness (QED) is 0.846. The van der Waals surface area contributed by atoms with Crippen LogP contribution >= 0.6 is 0 Å². The van der Waals surface area contributed by atoms with Crippen molar-refractivity contribution in [2.24, 2.45) is 0 Å². The number of benzene rings is 1. The number of carbonyl (C=O) groups is 1. The van der Waals surface area contributed by atoms with E-state index >= 15 is 0 Å². The summed E-state index contributed by atoms with van der Waals surface area (Å²) >= 11 is 0. The highest BCUT2D eigenvalue weighted by molar-refractivity contribution is 5.77. The molecule has 0 amide bonds. The molecule has 0 aliphatic carbocycles. The predicted octanol–water partition coefficient (Wildman–Crippen LogP) is 2.14. The molecule has 2 rings (SSSR count). The highest BCUT2D eigenvalue weighted by Gasteiger charge is 2.30. The summed E-state index contributed by atoms with van der Waals surface area (Å²) in [5.74, 6) is -1.78. The molecular formula is C13H16FNO2. The van der Waals surface area contributed by atoms with E-state index in [9.17, 15) is 14.3 Å². The van der Waals surface area contributed by atoms with Crippen molar-refractivity contribution in [2.75, 3.05) is 6.54 Å². The molecule has 0 radical (unpaired) electrons. The summed E-state index contributed by atoms with van der Waals surface area (Å²) in [5.41, 5.74) is 0.665. The maximum absolute atomic E-state index is 12.8. The van der Waals surface area contributed by atoms with Gasteiger partial charge in [-0.25, -0.2) is 4.39 Å². The molecule has 1 saturated heterocycles. The van der Waals surface area contributed by atoms with E-state index in [4.69, 9.17) is 0 Å². The molecule has 4 heteroatoms. The Morgan fingerprint density at radius 3 is 2.59 bits per heavy atom. The zero-order valence-electron chi connectivity index (χ0n) is 9.53. The average molecular weight is 237 g/mol. The Morgan fingerprint density at radius 1 is 1.35 bits per heavy atom. The van der Waals surface area contributed by atoms with Gasteiger partial charge < -0.3 is 10.4 Å². The molecule has 3 nitrogen and oxygen atoms in total. The fourth-order valence-corrected chi connectivity index (χ4v) is 2.38. The summed E-state index contributed by atoms with van der Waals surface area (Å²) in [6.07, 6.45) is 2.99. The Kier molecular flexibility index (Phi) is 3.74. The van der Waals surface area contributed by atoms with Crippen LogP contribution in [0.4, 0.5) is 4.39 Å². The lowest BCUT2D eigenvalue weighted by atomic mass is 9.86. The molecule has 2 N–H and O–H groups in total. The minimum absolute atomic E-state index is 0.0493. The number of aliphatic carboxylic acids is 1. The van der Waals surface area contributed by atoms with Gasteiger partial charge >= 0.3 is 5.97 Å². The van der Waals surface area contributed by atoms with Crippen LogP contribution in [0.3, 0.4) is 0 Å². The van der Waals surface area contributed by atoms with E-state index in [-0.39, 0.29) is 11.9 Å². The van der Waals surface area contributed by atoms with E-state index in [0.29, 0.717) is 5.56 Å². The monoisotopic (exact) mass is 237 g/mol. The first-order chi connectivity index (χ1) is 8.18. The zero-order chi connectivity index (χ0) is 12.3. The highest BCUT2D eigenvalue weighted by atomic mass is 19.1. The summed E-state index contributed by atoms with van der Waals surface area (Å²) in [6.45, 7) is 0.857. The Hall–Kier alpha value is -1.42. The molecule has 92 valence electrons. The summed E-state index contributed by atoms with van der Waals surface area (Å²) in [7, 11) is 0. The fourth-order valence-electron chi connectivity index (χ4n) is 2.38. The third-order valence-corrected chi connectivity index (χ3v) is 3.25. The molecule has 1 aromatic carbocycles. The van der Waals surface area contributed by atoms with E-state index in [2.05, 4.69) is 5.32 Å². The maximum atomic E-state index is 12.8. The van der Waals surface area contributed by atoms with Crippen LogP contribution in [-0.2, 0) is 4.79 Å². The van der Waals surface area contributed by atoms with Gasteiger partial charge in [0.15, 0.2) is 0 Å². The van der Waals surface area contributed by atoms with Crippen LogP contribution < -0.4 is 5.32 Å². The van der Waals surface area contributed by atoms with Gasteiger partial charge in [-0.1, -0.05) is 18.6 Å². The van der Waals surface area contributed by atoms with Crippen LogP contribution in [0.25, 0.3) is 0 Å². The molecule has 1 aliphatic heterocycles. The Bertz CT molecular complexity index is 385. The topological polar surface area (TPSA) is 49.3 Å². The molecule has 2 unspecified atom stereocenters. The Balaban J connectivity index is 2.21. The first-order valence-corrected chi connectivity index (χ1v) is 5.90. The van der Waals surface area contributed by atoms with E-state index in [1.165, 1.54) is 12.1 Å². The number of nitrogens with one attached hydrogen (secondary N) is 1.